The fourth-order valence-electron chi connectivity index (χ4n) is 7.63. The first kappa shape index (κ1) is 26.1. The fourth-order valence-corrected chi connectivity index (χ4v) is 7.63. The highest BCUT2D eigenvalue weighted by Gasteiger charge is 2.40. The van der Waals surface area contributed by atoms with E-state index in [1.807, 2.05) is 30.3 Å². The lowest BCUT2D eigenvalue weighted by molar-refractivity contribution is 0.200. The van der Waals surface area contributed by atoms with Crippen LogP contribution in [0.5, 0.6) is 11.5 Å². The van der Waals surface area contributed by atoms with E-state index >= 15 is 0 Å². The number of ether oxygens (including phenoxy) is 2. The molecule has 0 aliphatic heterocycles. The maximum absolute atomic E-state index is 13.8. The minimum atomic E-state index is -0.191. The zero-order valence-electron chi connectivity index (χ0n) is 23.5. The summed E-state index contributed by atoms with van der Waals surface area (Å²) in [6, 6.07) is 32.7. The molecule has 0 aromatic heterocycles. The van der Waals surface area contributed by atoms with Gasteiger partial charge in [-0.1, -0.05) is 72.8 Å². The van der Waals surface area contributed by atoms with Gasteiger partial charge in [-0.25, -0.2) is 4.39 Å². The zero-order chi connectivity index (χ0) is 27.8. The molecule has 0 N–H and O–H groups in total. The SMILES string of the molecule is C=C1CC2CC(Oc3ccc([C@@H]4c5ccc(OCc6ccccc6)cc5CCC4c4ccc(F)cc4)cc3)CC2C1. The number of rotatable bonds is 7. The van der Waals surface area contributed by atoms with Gasteiger partial charge in [-0.2, -0.15) is 0 Å². The van der Waals surface area contributed by atoms with E-state index in [1.54, 1.807) is 12.1 Å². The second-order valence-corrected chi connectivity index (χ2v) is 12.3. The van der Waals surface area contributed by atoms with E-state index in [1.165, 1.54) is 40.7 Å². The smallest absolute Gasteiger partial charge is 0.123 e. The monoisotopic (exact) mass is 544 g/mol. The molecule has 3 aliphatic rings. The van der Waals surface area contributed by atoms with Crippen molar-refractivity contribution in [2.24, 2.45) is 11.8 Å². The first-order valence-electron chi connectivity index (χ1n) is 15.1. The lowest BCUT2D eigenvalue weighted by Crippen LogP contribution is -2.21. The van der Waals surface area contributed by atoms with Crippen LogP contribution in [0, 0.1) is 17.7 Å². The average molecular weight is 545 g/mol. The Balaban J connectivity index is 1.13. The number of halogens is 1. The maximum atomic E-state index is 13.8. The third-order valence-corrected chi connectivity index (χ3v) is 9.56. The molecule has 4 atom stereocenters. The summed E-state index contributed by atoms with van der Waals surface area (Å²) in [5, 5.41) is 0. The van der Waals surface area contributed by atoms with Gasteiger partial charge in [0, 0.05) is 5.92 Å². The number of benzene rings is 4. The highest BCUT2D eigenvalue weighted by molar-refractivity contribution is 5.48. The van der Waals surface area contributed by atoms with Gasteiger partial charge in [0.2, 0.25) is 0 Å². The molecule has 0 radical (unpaired) electrons. The molecule has 41 heavy (non-hydrogen) atoms. The first-order chi connectivity index (χ1) is 20.1. The van der Waals surface area contributed by atoms with E-state index in [4.69, 9.17) is 9.47 Å². The normalized spacial score (nSPS) is 25.0. The molecule has 2 fully saturated rings. The largest absolute Gasteiger partial charge is 0.490 e. The summed E-state index contributed by atoms with van der Waals surface area (Å²) in [6.45, 7) is 4.76. The summed E-state index contributed by atoms with van der Waals surface area (Å²) in [6.07, 6.45) is 6.91. The Labute approximate surface area is 242 Å². The maximum Gasteiger partial charge on any atom is 0.123 e. The van der Waals surface area contributed by atoms with Crippen LogP contribution in [0.3, 0.4) is 0 Å². The van der Waals surface area contributed by atoms with Gasteiger partial charge in [-0.3, -0.25) is 0 Å². The molecular formula is C38H37FO2. The van der Waals surface area contributed by atoms with Gasteiger partial charge in [-0.05, 0) is 120 Å². The summed E-state index contributed by atoms with van der Waals surface area (Å²) >= 11 is 0. The van der Waals surface area contributed by atoms with E-state index in [0.717, 1.165) is 54.6 Å². The van der Waals surface area contributed by atoms with Gasteiger partial charge >= 0.3 is 0 Å². The second kappa shape index (κ2) is 11.2. The van der Waals surface area contributed by atoms with Crippen molar-refractivity contribution in [1.29, 1.82) is 0 Å². The fraction of sp³-hybridized carbons (Fsp3) is 0.316. The number of allylic oxidation sites excluding steroid dienone is 1. The quantitative estimate of drug-likeness (QED) is 0.216. The molecule has 3 unspecified atom stereocenters. The van der Waals surface area contributed by atoms with Crippen LogP contribution in [-0.4, -0.2) is 6.10 Å². The lowest BCUT2D eigenvalue weighted by Gasteiger charge is -2.35. The van der Waals surface area contributed by atoms with Crippen LogP contribution in [-0.2, 0) is 13.0 Å². The Bertz CT molecular complexity index is 1490. The average Bonchev–Trinajstić information content (AvgIpc) is 3.53. The molecule has 2 nitrogen and oxygen atoms in total. The number of fused-ring (bicyclic) bond motifs is 2. The summed E-state index contributed by atoms with van der Waals surface area (Å²) in [4.78, 5) is 0. The molecule has 2 saturated carbocycles. The molecular weight excluding hydrogens is 507 g/mol. The van der Waals surface area contributed by atoms with Crippen LogP contribution < -0.4 is 9.47 Å². The van der Waals surface area contributed by atoms with Crippen molar-refractivity contribution in [3.63, 3.8) is 0 Å². The van der Waals surface area contributed by atoms with Crippen molar-refractivity contribution in [3.05, 3.63) is 143 Å². The Morgan fingerprint density at radius 1 is 0.756 bits per heavy atom. The summed E-state index contributed by atoms with van der Waals surface area (Å²) in [5.74, 6) is 3.62. The highest BCUT2D eigenvalue weighted by atomic mass is 19.1. The summed E-state index contributed by atoms with van der Waals surface area (Å²) in [5.41, 5.74) is 7.69. The van der Waals surface area contributed by atoms with E-state index in [-0.39, 0.29) is 17.7 Å². The predicted molar refractivity (Wildman–Crippen MR) is 162 cm³/mol. The van der Waals surface area contributed by atoms with Crippen LogP contribution >= 0.6 is 0 Å². The summed E-state index contributed by atoms with van der Waals surface area (Å²) < 4.78 is 26.5. The van der Waals surface area contributed by atoms with Crippen LogP contribution in [0.15, 0.2) is 109 Å². The molecule has 0 amide bonds. The predicted octanol–water partition coefficient (Wildman–Crippen LogP) is 9.39. The van der Waals surface area contributed by atoms with Gasteiger partial charge in [0.25, 0.3) is 0 Å². The Morgan fingerprint density at radius 3 is 2.17 bits per heavy atom. The lowest BCUT2D eigenvalue weighted by atomic mass is 9.69. The van der Waals surface area contributed by atoms with Crippen molar-refractivity contribution in [1.82, 2.24) is 0 Å². The van der Waals surface area contributed by atoms with Crippen LogP contribution in [0.1, 0.15) is 71.8 Å². The van der Waals surface area contributed by atoms with Gasteiger partial charge < -0.3 is 9.47 Å². The minimum Gasteiger partial charge on any atom is -0.490 e. The van der Waals surface area contributed by atoms with Gasteiger partial charge in [0.1, 0.15) is 23.9 Å². The summed E-state index contributed by atoms with van der Waals surface area (Å²) in [7, 11) is 0. The Kier molecular flexibility index (Phi) is 7.12. The second-order valence-electron chi connectivity index (χ2n) is 12.3. The number of hydrogen-bond donors (Lipinski definition) is 0. The van der Waals surface area contributed by atoms with Gasteiger partial charge in [-0.15, -0.1) is 0 Å². The molecule has 0 saturated heterocycles. The third kappa shape index (κ3) is 5.55. The molecule has 0 spiro atoms. The number of aryl methyl sites for hydroxylation is 1. The molecule has 208 valence electrons. The zero-order valence-corrected chi connectivity index (χ0v) is 23.5. The van der Waals surface area contributed by atoms with E-state index in [9.17, 15) is 4.39 Å². The van der Waals surface area contributed by atoms with Crippen molar-refractivity contribution >= 4 is 0 Å². The topological polar surface area (TPSA) is 18.5 Å². The molecule has 0 bridgehead atoms. The minimum absolute atomic E-state index is 0.179. The van der Waals surface area contributed by atoms with Crippen molar-refractivity contribution in [3.8, 4) is 11.5 Å². The molecule has 3 heteroatoms. The Hall–Kier alpha value is -3.85. The first-order valence-corrected chi connectivity index (χ1v) is 15.1. The molecule has 4 aromatic carbocycles. The Morgan fingerprint density at radius 2 is 1.44 bits per heavy atom. The van der Waals surface area contributed by atoms with Crippen molar-refractivity contribution in [2.45, 2.75) is 63.1 Å². The van der Waals surface area contributed by atoms with Crippen LogP contribution in [0.25, 0.3) is 0 Å². The van der Waals surface area contributed by atoms with E-state index < -0.39 is 0 Å². The van der Waals surface area contributed by atoms with E-state index in [2.05, 4.69) is 61.2 Å². The molecule has 0 heterocycles. The van der Waals surface area contributed by atoms with Crippen LogP contribution in [0.4, 0.5) is 4.39 Å². The van der Waals surface area contributed by atoms with Crippen molar-refractivity contribution < 1.29 is 13.9 Å². The highest BCUT2D eigenvalue weighted by Crippen LogP contribution is 2.49. The third-order valence-electron chi connectivity index (χ3n) is 9.56. The van der Waals surface area contributed by atoms with Gasteiger partial charge in [0.15, 0.2) is 0 Å². The number of hydrogen-bond acceptors (Lipinski definition) is 2. The van der Waals surface area contributed by atoms with Crippen molar-refractivity contribution in [2.75, 3.05) is 0 Å². The molecule has 7 rings (SSSR count). The molecule has 3 aliphatic carbocycles. The molecule has 4 aromatic rings. The van der Waals surface area contributed by atoms with Crippen LogP contribution in [0.2, 0.25) is 0 Å². The standard InChI is InChI=1S/C38H37FO2/c1-25-19-30-22-35(23-31(30)20-25)41-33-14-9-28(10-15-33)38-36(27-7-12-32(39)13-8-27)17-11-29-21-34(16-18-37(29)38)40-24-26-5-3-2-4-6-26/h2-10,12-16,18,21,30-31,35-36,38H,1,11,17,19-20,22-24H2/t30?,31?,35?,36?,38-/m0/s1. The van der Waals surface area contributed by atoms with E-state index in [0.29, 0.717) is 12.7 Å². The van der Waals surface area contributed by atoms with Gasteiger partial charge in [0.05, 0.1) is 6.10 Å².